The molecule has 0 aliphatic rings. The third-order valence-electron chi connectivity index (χ3n) is 17.7. The van der Waals surface area contributed by atoms with Crippen molar-refractivity contribution in [2.24, 2.45) is 11.8 Å². The first-order chi connectivity index (χ1) is 45.9. The van der Waals surface area contributed by atoms with Gasteiger partial charge < -0.3 is 33.8 Å². The van der Waals surface area contributed by atoms with Gasteiger partial charge in [0, 0.05) is 25.7 Å². The maximum Gasteiger partial charge on any atom is 0.472 e. The zero-order valence-corrected chi connectivity index (χ0v) is 63.8. The molecule has 0 bridgehead atoms. The fourth-order valence-electron chi connectivity index (χ4n) is 11.7. The quantitative estimate of drug-likeness (QED) is 0.0222. The van der Waals surface area contributed by atoms with Crippen LogP contribution >= 0.6 is 15.6 Å². The Hall–Kier alpha value is -1.94. The molecule has 0 fully saturated rings. The number of carbonyl (C=O) groups is 4. The van der Waals surface area contributed by atoms with Crippen LogP contribution in [0, 0.1) is 11.8 Å². The molecule has 0 aromatic heterocycles. The molecule has 2 unspecified atom stereocenters. The fourth-order valence-corrected chi connectivity index (χ4v) is 13.2. The summed E-state index contributed by atoms with van der Waals surface area (Å²) >= 11 is 0. The molecule has 564 valence electrons. The van der Waals surface area contributed by atoms with Gasteiger partial charge >= 0.3 is 39.5 Å². The largest absolute Gasteiger partial charge is 0.472 e. The number of hydrogen-bond donors (Lipinski definition) is 3. The predicted molar refractivity (Wildman–Crippen MR) is 386 cm³/mol. The highest BCUT2D eigenvalue weighted by molar-refractivity contribution is 7.47. The molecule has 0 aromatic rings. The zero-order valence-electron chi connectivity index (χ0n) is 62.0. The van der Waals surface area contributed by atoms with Crippen LogP contribution in [0.2, 0.25) is 0 Å². The highest BCUT2D eigenvalue weighted by Crippen LogP contribution is 2.45. The van der Waals surface area contributed by atoms with Crippen LogP contribution in [0.1, 0.15) is 395 Å². The van der Waals surface area contributed by atoms with Crippen LogP contribution in [0.25, 0.3) is 0 Å². The van der Waals surface area contributed by atoms with Gasteiger partial charge in [0.1, 0.15) is 19.3 Å². The second kappa shape index (κ2) is 67.9. The highest BCUT2D eigenvalue weighted by Gasteiger charge is 2.30. The monoisotopic (exact) mass is 1400 g/mol. The van der Waals surface area contributed by atoms with Gasteiger partial charge in [0.25, 0.3) is 0 Å². The lowest BCUT2D eigenvalue weighted by molar-refractivity contribution is -0.161. The van der Waals surface area contributed by atoms with Crippen molar-refractivity contribution < 1.29 is 80.2 Å². The molecule has 0 aliphatic carbocycles. The summed E-state index contributed by atoms with van der Waals surface area (Å²) < 4.78 is 68.6. The van der Waals surface area contributed by atoms with E-state index in [2.05, 4.69) is 41.5 Å². The van der Waals surface area contributed by atoms with Crippen LogP contribution in [-0.2, 0) is 65.4 Å². The lowest BCUT2D eigenvalue weighted by atomic mass is 10.0. The smallest absolute Gasteiger partial charge is 0.462 e. The van der Waals surface area contributed by atoms with Gasteiger partial charge in [-0.25, -0.2) is 9.13 Å². The summed E-state index contributed by atoms with van der Waals surface area (Å²) in [6.45, 7) is 9.58. The van der Waals surface area contributed by atoms with E-state index in [4.69, 9.17) is 37.0 Å². The van der Waals surface area contributed by atoms with Crippen molar-refractivity contribution in [2.75, 3.05) is 39.6 Å². The van der Waals surface area contributed by atoms with Crippen molar-refractivity contribution in [2.45, 2.75) is 413 Å². The number of rotatable bonds is 75. The van der Waals surface area contributed by atoms with Gasteiger partial charge in [-0.1, -0.05) is 343 Å². The molecule has 95 heavy (non-hydrogen) atoms. The lowest BCUT2D eigenvalue weighted by Crippen LogP contribution is -2.30. The number of ether oxygens (including phenoxy) is 4. The summed E-state index contributed by atoms with van der Waals surface area (Å²) in [7, 11) is -9.91. The number of carbonyl (C=O) groups excluding carboxylic acids is 4. The summed E-state index contributed by atoms with van der Waals surface area (Å²) in [4.78, 5) is 72.8. The van der Waals surface area contributed by atoms with E-state index in [1.165, 1.54) is 212 Å². The van der Waals surface area contributed by atoms with E-state index in [1.807, 2.05) is 0 Å². The Bertz CT molecular complexity index is 1840. The molecule has 19 heteroatoms. The Balaban J connectivity index is 5.26. The molecule has 5 atom stereocenters. The van der Waals surface area contributed by atoms with Crippen molar-refractivity contribution in [3.63, 3.8) is 0 Å². The van der Waals surface area contributed by atoms with Crippen LogP contribution in [0.15, 0.2) is 0 Å². The Morgan fingerprint density at radius 3 is 0.716 bits per heavy atom. The molecule has 0 spiro atoms. The maximum atomic E-state index is 13.1. The van der Waals surface area contributed by atoms with Gasteiger partial charge in [-0.3, -0.25) is 37.3 Å². The van der Waals surface area contributed by atoms with Gasteiger partial charge in [0.05, 0.1) is 26.4 Å². The maximum absolute atomic E-state index is 13.1. The molecular formula is C76H148O17P2. The van der Waals surface area contributed by atoms with Crippen LogP contribution in [0.4, 0.5) is 0 Å². The molecule has 0 aliphatic heterocycles. The Labute approximate surface area is 581 Å². The molecule has 0 saturated carbocycles. The molecule has 0 rings (SSSR count). The Morgan fingerprint density at radius 1 is 0.284 bits per heavy atom. The van der Waals surface area contributed by atoms with Crippen molar-refractivity contribution >= 4 is 39.5 Å². The van der Waals surface area contributed by atoms with Crippen molar-refractivity contribution in [1.29, 1.82) is 0 Å². The standard InChI is InChI=1S/C76H148O17P2/c1-7-9-11-13-15-17-19-21-22-23-25-31-35-43-49-55-61-76(81)92-71(64-86-73(78)58-52-46-40-33-29-27-26-28-32-38-44-50-56-68(3)4)66-90-94(82,83)88-62-70(77)63-89-95(84,85)91-67-72(65-87-74(79)59-53-47-41-37-36-39-45-51-57-69(5)6)93-75(80)60-54-48-42-34-30-24-20-18-16-14-12-10-8-2/h68-72,77H,7-67H2,1-6H3,(H,82,83)(H,84,85)/t70-,71-,72-/m1/s1. The van der Waals surface area contributed by atoms with E-state index in [1.54, 1.807) is 0 Å². The van der Waals surface area contributed by atoms with Gasteiger partial charge in [0.15, 0.2) is 12.2 Å². The molecule has 3 N–H and O–H groups in total. The number of esters is 4. The first kappa shape index (κ1) is 93.1. The third-order valence-corrected chi connectivity index (χ3v) is 19.6. The van der Waals surface area contributed by atoms with E-state index >= 15 is 0 Å². The Kier molecular flexibility index (Phi) is 66.5. The molecule has 0 aromatic carbocycles. The lowest BCUT2D eigenvalue weighted by Gasteiger charge is -2.21. The van der Waals surface area contributed by atoms with E-state index < -0.39 is 97.5 Å². The average Bonchev–Trinajstić information content (AvgIpc) is 1.20. The number of unbranched alkanes of at least 4 members (excludes halogenated alkanes) is 45. The van der Waals surface area contributed by atoms with Crippen molar-refractivity contribution in [1.82, 2.24) is 0 Å². The van der Waals surface area contributed by atoms with E-state index in [9.17, 15) is 43.2 Å². The summed E-state index contributed by atoms with van der Waals surface area (Å²) in [5, 5.41) is 10.6. The minimum absolute atomic E-state index is 0.107. The van der Waals surface area contributed by atoms with Crippen molar-refractivity contribution in [3.8, 4) is 0 Å². The fraction of sp³-hybridized carbons (Fsp3) is 0.947. The highest BCUT2D eigenvalue weighted by atomic mass is 31.2. The molecular weight excluding hydrogens is 1250 g/mol. The van der Waals surface area contributed by atoms with E-state index in [0.717, 1.165) is 102 Å². The molecule has 0 amide bonds. The van der Waals surface area contributed by atoms with Crippen LogP contribution in [-0.4, -0.2) is 96.7 Å². The average molecular weight is 1400 g/mol. The first-order valence-electron chi connectivity index (χ1n) is 39.5. The summed E-state index contributed by atoms with van der Waals surface area (Å²) in [5.74, 6) is -0.605. The normalized spacial score (nSPS) is 14.0. The molecule has 0 radical (unpaired) electrons. The Morgan fingerprint density at radius 2 is 0.484 bits per heavy atom. The summed E-state index contributed by atoms with van der Waals surface area (Å²) in [6, 6.07) is 0. The summed E-state index contributed by atoms with van der Waals surface area (Å²) in [6.07, 6.45) is 55.4. The number of phosphoric acid groups is 2. The number of hydrogen-bond acceptors (Lipinski definition) is 15. The number of aliphatic hydroxyl groups excluding tert-OH is 1. The second-order valence-corrected chi connectivity index (χ2v) is 31.3. The van der Waals surface area contributed by atoms with Gasteiger partial charge in [-0.05, 0) is 37.5 Å². The van der Waals surface area contributed by atoms with E-state index in [-0.39, 0.29) is 25.7 Å². The third kappa shape index (κ3) is 70.3. The van der Waals surface area contributed by atoms with Crippen LogP contribution in [0.3, 0.4) is 0 Å². The van der Waals surface area contributed by atoms with Gasteiger partial charge in [0.2, 0.25) is 0 Å². The minimum atomic E-state index is -4.96. The van der Waals surface area contributed by atoms with E-state index in [0.29, 0.717) is 25.7 Å². The zero-order chi connectivity index (χ0) is 70.0. The first-order valence-corrected chi connectivity index (χ1v) is 42.5. The topological polar surface area (TPSA) is 237 Å². The number of aliphatic hydroxyl groups is 1. The van der Waals surface area contributed by atoms with Crippen LogP contribution in [0.5, 0.6) is 0 Å². The molecule has 0 saturated heterocycles. The van der Waals surface area contributed by atoms with Gasteiger partial charge in [-0.2, -0.15) is 0 Å². The molecule has 17 nitrogen and oxygen atoms in total. The number of phosphoric ester groups is 2. The summed E-state index contributed by atoms with van der Waals surface area (Å²) in [5.41, 5.74) is 0. The molecule has 0 heterocycles. The SMILES string of the molecule is CCCCCCCCCCCCCCCCCCC(=O)O[C@H](COC(=O)CCCCCCCCCCCCCCC(C)C)COP(=O)(O)OC[C@@H](O)COP(=O)(O)OC[C@@H](COC(=O)CCCCCCCCCCC(C)C)OC(=O)CCCCCCCCCCCCCCC. The van der Waals surface area contributed by atoms with Crippen molar-refractivity contribution in [3.05, 3.63) is 0 Å². The van der Waals surface area contributed by atoms with Gasteiger partial charge in [-0.15, -0.1) is 0 Å². The second-order valence-electron chi connectivity index (χ2n) is 28.3. The minimum Gasteiger partial charge on any atom is -0.462 e. The van der Waals surface area contributed by atoms with Crippen LogP contribution < -0.4 is 0 Å². The predicted octanol–water partition coefficient (Wildman–Crippen LogP) is 22.3.